The molecular formula is C5H8N2O2S2Zn. The van der Waals surface area contributed by atoms with E-state index in [-0.39, 0.29) is 19.5 Å². The van der Waals surface area contributed by atoms with Gasteiger partial charge in [0.05, 0.1) is 10.5 Å². The first-order valence-electron chi connectivity index (χ1n) is 2.53. The number of hydrogen-bond acceptors (Lipinski definition) is 4. The smallest absolute Gasteiger partial charge is 0.719 e. The molecule has 0 atom stereocenters. The maximum absolute atomic E-state index is 9.86. The molecule has 0 heterocycles. The van der Waals surface area contributed by atoms with Crippen molar-refractivity contribution in [1.82, 2.24) is 5.32 Å². The van der Waals surface area contributed by atoms with Gasteiger partial charge in [0.25, 0.3) is 0 Å². The number of carbonyl (C=O) groups excluding carboxylic acids is 2. The molecule has 0 saturated carbocycles. The SMILES string of the molecule is C=CCNC(=O)[S-].NC(=O)[S-].[Zn+2]. The number of nitrogens with one attached hydrogen (secondary N) is 1. The fraction of sp³-hybridized carbons (Fsp3) is 0.200. The molecular weight excluding hydrogens is 250 g/mol. The summed E-state index contributed by atoms with van der Waals surface area (Å²) in [7, 11) is 0. The standard InChI is InChI=1S/C4H7NOS.CH3NOS.Zn/c1-2-3-5-4(6)7;2-1(3)4;/h2H,1,3H2,(H2,5,6,7);(H3,2,3,4);/q;;+2/p-2. The first-order chi connectivity index (χ1) is 5.00. The van der Waals surface area contributed by atoms with Gasteiger partial charge in [-0.2, -0.15) is 0 Å². The molecule has 0 aliphatic rings. The third-order valence-corrected chi connectivity index (χ3v) is 0.535. The second-order valence-electron chi connectivity index (χ2n) is 1.28. The maximum atomic E-state index is 9.86. The normalized spacial score (nSPS) is 6.33. The predicted molar refractivity (Wildman–Crippen MR) is 47.9 cm³/mol. The monoisotopic (exact) mass is 256 g/mol. The average molecular weight is 258 g/mol. The molecule has 0 saturated heterocycles. The van der Waals surface area contributed by atoms with Crippen LogP contribution < -0.4 is 11.1 Å². The molecule has 0 unspecified atom stereocenters. The van der Waals surface area contributed by atoms with Crippen molar-refractivity contribution in [3.8, 4) is 0 Å². The maximum Gasteiger partial charge on any atom is 2.00 e. The van der Waals surface area contributed by atoms with E-state index in [4.69, 9.17) is 4.79 Å². The summed E-state index contributed by atoms with van der Waals surface area (Å²) >= 11 is 7.91. The molecule has 64 valence electrons. The second-order valence-corrected chi connectivity index (χ2v) is 2.05. The van der Waals surface area contributed by atoms with Crippen LogP contribution in [-0.2, 0) is 44.7 Å². The minimum Gasteiger partial charge on any atom is -0.719 e. The van der Waals surface area contributed by atoms with E-state index >= 15 is 0 Å². The molecule has 0 fully saturated rings. The molecule has 0 aromatic carbocycles. The zero-order chi connectivity index (χ0) is 9.28. The number of amides is 2. The van der Waals surface area contributed by atoms with Gasteiger partial charge < -0.3 is 45.9 Å². The van der Waals surface area contributed by atoms with Crippen LogP contribution in [0, 0.1) is 0 Å². The van der Waals surface area contributed by atoms with E-state index < -0.39 is 10.5 Å². The average Bonchev–Trinajstić information content (AvgIpc) is 1.82. The van der Waals surface area contributed by atoms with Crippen molar-refractivity contribution in [2.75, 3.05) is 6.54 Å². The van der Waals surface area contributed by atoms with E-state index in [1.807, 2.05) is 0 Å². The molecule has 4 nitrogen and oxygen atoms in total. The van der Waals surface area contributed by atoms with Crippen LogP contribution in [-0.4, -0.2) is 17.0 Å². The predicted octanol–water partition coefficient (Wildman–Crippen LogP) is 0.0384. The molecule has 0 aliphatic heterocycles. The molecule has 0 bridgehead atoms. The van der Waals surface area contributed by atoms with Crippen LogP contribution in [0.25, 0.3) is 0 Å². The van der Waals surface area contributed by atoms with Gasteiger partial charge in [-0.05, 0) is 0 Å². The van der Waals surface area contributed by atoms with Crippen molar-refractivity contribution in [1.29, 1.82) is 0 Å². The number of carbonyl (C=O) groups is 2. The minimum atomic E-state index is -0.750. The van der Waals surface area contributed by atoms with Crippen molar-refractivity contribution in [3.05, 3.63) is 12.7 Å². The molecule has 0 spiro atoms. The summed E-state index contributed by atoms with van der Waals surface area (Å²) in [6, 6.07) is 0. The zero-order valence-electron chi connectivity index (χ0n) is 6.41. The third kappa shape index (κ3) is 53.2. The molecule has 0 rings (SSSR count). The summed E-state index contributed by atoms with van der Waals surface area (Å²) in [5.74, 6) is 0. The van der Waals surface area contributed by atoms with E-state index in [0.29, 0.717) is 6.54 Å². The second kappa shape index (κ2) is 13.3. The zero-order valence-corrected chi connectivity index (χ0v) is 11.0. The van der Waals surface area contributed by atoms with E-state index in [1.54, 1.807) is 6.08 Å². The van der Waals surface area contributed by atoms with Gasteiger partial charge in [-0.1, -0.05) is 6.08 Å². The Morgan fingerprint density at radius 3 is 1.92 bits per heavy atom. The van der Waals surface area contributed by atoms with Crippen LogP contribution in [0.4, 0.5) is 9.59 Å². The largest absolute Gasteiger partial charge is 2.00 e. The van der Waals surface area contributed by atoms with Gasteiger partial charge in [0.1, 0.15) is 0 Å². The van der Waals surface area contributed by atoms with Crippen molar-refractivity contribution in [2.24, 2.45) is 5.73 Å². The minimum absolute atomic E-state index is 0. The summed E-state index contributed by atoms with van der Waals surface area (Å²) < 4.78 is 0. The number of nitrogens with two attached hydrogens (primary N) is 1. The Morgan fingerprint density at radius 1 is 1.50 bits per heavy atom. The Morgan fingerprint density at radius 2 is 1.83 bits per heavy atom. The quantitative estimate of drug-likeness (QED) is 0.416. The topological polar surface area (TPSA) is 72.2 Å². The molecule has 0 aliphatic carbocycles. The fourth-order valence-electron chi connectivity index (χ4n) is 0.156. The molecule has 0 radical (unpaired) electrons. The molecule has 0 aromatic rings. The van der Waals surface area contributed by atoms with E-state index in [9.17, 15) is 4.79 Å². The van der Waals surface area contributed by atoms with Crippen LogP contribution in [0.2, 0.25) is 0 Å². The van der Waals surface area contributed by atoms with E-state index in [0.717, 1.165) is 0 Å². The molecule has 12 heavy (non-hydrogen) atoms. The summed E-state index contributed by atoms with van der Waals surface area (Å²) in [4.78, 5) is 18.9. The van der Waals surface area contributed by atoms with Gasteiger partial charge in [0, 0.05) is 6.54 Å². The van der Waals surface area contributed by atoms with Crippen molar-refractivity contribution in [2.45, 2.75) is 0 Å². The van der Waals surface area contributed by atoms with Crippen molar-refractivity contribution in [3.63, 3.8) is 0 Å². The molecule has 2 amide bonds. The van der Waals surface area contributed by atoms with Crippen LogP contribution in [0.3, 0.4) is 0 Å². The van der Waals surface area contributed by atoms with E-state index in [1.165, 1.54) is 0 Å². The van der Waals surface area contributed by atoms with Crippen LogP contribution in [0.1, 0.15) is 0 Å². The Balaban J connectivity index is -0.000000142. The number of primary amides is 1. The first kappa shape index (κ1) is 17.7. The molecule has 0 aromatic heterocycles. The van der Waals surface area contributed by atoms with Crippen LogP contribution in [0.15, 0.2) is 12.7 Å². The first-order valence-corrected chi connectivity index (χ1v) is 3.34. The van der Waals surface area contributed by atoms with E-state index in [2.05, 4.69) is 42.9 Å². The van der Waals surface area contributed by atoms with Crippen LogP contribution >= 0.6 is 0 Å². The number of hydrogen-bond donors (Lipinski definition) is 2. The van der Waals surface area contributed by atoms with Gasteiger partial charge >= 0.3 is 19.5 Å². The van der Waals surface area contributed by atoms with Crippen LogP contribution in [0.5, 0.6) is 0 Å². The summed E-state index contributed by atoms with van der Waals surface area (Å²) in [6.07, 6.45) is 1.57. The van der Waals surface area contributed by atoms with Gasteiger partial charge in [-0.25, -0.2) is 0 Å². The van der Waals surface area contributed by atoms with Gasteiger partial charge in [-0.3, -0.25) is 0 Å². The Bertz CT molecular complexity index is 150. The fourth-order valence-corrected chi connectivity index (χ4v) is 0.239. The summed E-state index contributed by atoms with van der Waals surface area (Å²) in [5, 5.41) is 1.17. The Labute approximate surface area is 94.9 Å². The van der Waals surface area contributed by atoms with Crippen molar-refractivity contribution >= 4 is 35.7 Å². The van der Waals surface area contributed by atoms with Gasteiger partial charge in [0.15, 0.2) is 0 Å². The summed E-state index contributed by atoms with van der Waals surface area (Å²) in [5.41, 5.74) is 4.29. The molecule has 3 N–H and O–H groups in total. The Hall–Kier alpha value is -0.257. The van der Waals surface area contributed by atoms with Crippen molar-refractivity contribution < 1.29 is 29.1 Å². The summed E-state index contributed by atoms with van der Waals surface area (Å²) in [6.45, 7) is 3.83. The Kier molecular flexibility index (Phi) is 19.7. The number of rotatable bonds is 2. The van der Waals surface area contributed by atoms with Gasteiger partial charge in [-0.15, -0.1) is 6.58 Å². The third-order valence-electron chi connectivity index (χ3n) is 0.391. The molecule has 7 heteroatoms. The van der Waals surface area contributed by atoms with Gasteiger partial charge in [0.2, 0.25) is 0 Å².